The van der Waals surface area contributed by atoms with Gasteiger partial charge in [0.15, 0.2) is 0 Å². The zero-order valence-electron chi connectivity index (χ0n) is 21.0. The van der Waals surface area contributed by atoms with Gasteiger partial charge in [0.25, 0.3) is 15.6 Å². The quantitative estimate of drug-likeness (QED) is 0.0589. The number of carbonyl (C=O) groups excluding carboxylic acids is 2. The third-order valence-electron chi connectivity index (χ3n) is 2.97. The molecule has 0 spiro atoms. The second kappa shape index (κ2) is 24.9. The number of ether oxygens (including phenoxy) is 1. The highest BCUT2D eigenvalue weighted by molar-refractivity contribution is 7.46. The average Bonchev–Trinajstić information content (AvgIpc) is 2.76. The number of carbonyl (C=O) groups is 1. The predicted octanol–water partition coefficient (Wildman–Crippen LogP) is -3.41. The van der Waals surface area contributed by atoms with Gasteiger partial charge in [0.05, 0.1) is 48.0 Å². The van der Waals surface area contributed by atoms with Crippen molar-refractivity contribution in [3.05, 3.63) is 25.6 Å². The van der Waals surface area contributed by atoms with E-state index in [0.717, 1.165) is 22.2 Å². The fourth-order valence-corrected chi connectivity index (χ4v) is 2.78. The number of aliphatic hydroxyl groups excluding tert-OH is 1. The van der Waals surface area contributed by atoms with Gasteiger partial charge >= 0.3 is 6.09 Å². The van der Waals surface area contributed by atoms with Crippen molar-refractivity contribution < 1.29 is 66.2 Å². The Morgan fingerprint density at radius 3 is 1.72 bits per heavy atom. The van der Waals surface area contributed by atoms with Gasteiger partial charge in [-0.1, -0.05) is 13.2 Å². The highest BCUT2D eigenvalue weighted by atomic mass is 31.2. The highest BCUT2D eigenvalue weighted by Crippen LogP contribution is 2.37. The maximum Gasteiger partial charge on any atom is 0.411 e. The van der Waals surface area contributed by atoms with E-state index >= 15 is 0 Å². The van der Waals surface area contributed by atoms with Crippen LogP contribution in [0, 0.1) is 0 Å². The molecule has 0 fully saturated rings. The Bertz CT molecular complexity index is 733. The summed E-state index contributed by atoms with van der Waals surface area (Å²) in [5, 5.41) is 10.5. The number of hydrogen-bond donors (Lipinski definition) is 4. The van der Waals surface area contributed by atoms with Crippen LogP contribution in [0.5, 0.6) is 0 Å². The smallest absolute Gasteiger partial charge is 0.411 e. The number of aliphatic imine (C=N–C) groups is 1. The van der Waals surface area contributed by atoms with Crippen molar-refractivity contribution in [3.8, 4) is 0 Å². The molecule has 0 heterocycles. The molecule has 212 valence electrons. The number of phosphoric acid groups is 2. The minimum atomic E-state index is -4.32. The molecule has 1 amide bonds. The Balaban J connectivity index is -0.000000526. The lowest BCUT2D eigenvalue weighted by Crippen LogP contribution is -3.06. The summed E-state index contributed by atoms with van der Waals surface area (Å²) in [5.41, 5.74) is 0. The number of quaternary nitrogens is 2. The van der Waals surface area contributed by atoms with Crippen molar-refractivity contribution in [1.82, 2.24) is 5.32 Å². The summed E-state index contributed by atoms with van der Waals surface area (Å²) in [6, 6.07) is 0. The van der Waals surface area contributed by atoms with E-state index in [-0.39, 0.29) is 39.6 Å². The summed E-state index contributed by atoms with van der Waals surface area (Å²) in [4.78, 5) is 46.9. The third-order valence-corrected chi connectivity index (χ3v) is 4.97. The maximum atomic E-state index is 11.2. The van der Waals surface area contributed by atoms with Crippen molar-refractivity contribution in [3.63, 3.8) is 0 Å². The molecule has 0 aromatic rings. The van der Waals surface area contributed by atoms with Crippen LogP contribution >= 0.6 is 15.6 Å². The predicted molar refractivity (Wildman–Crippen MR) is 124 cm³/mol. The van der Waals surface area contributed by atoms with E-state index in [9.17, 15) is 23.7 Å². The molecule has 0 saturated heterocycles. The second-order valence-electron chi connectivity index (χ2n) is 6.75. The first-order chi connectivity index (χ1) is 16.8. The van der Waals surface area contributed by atoms with Crippen LogP contribution in [0.2, 0.25) is 0 Å². The molecule has 18 heteroatoms. The van der Waals surface area contributed by atoms with Crippen LogP contribution < -0.4 is 24.9 Å². The van der Waals surface area contributed by atoms with Gasteiger partial charge < -0.3 is 47.5 Å². The minimum Gasteiger partial charge on any atom is -0.756 e. The Morgan fingerprint density at radius 2 is 1.39 bits per heavy atom. The monoisotopic (exact) mass is 564 g/mol. The minimum absolute atomic E-state index is 0.0426. The van der Waals surface area contributed by atoms with Gasteiger partial charge in [0.1, 0.15) is 32.9 Å². The second-order valence-corrected chi connectivity index (χ2v) is 9.57. The lowest BCUT2D eigenvalue weighted by Gasteiger charge is -2.22. The number of aliphatic hydroxyl groups is 1. The first-order valence-corrected chi connectivity index (χ1v) is 13.3. The summed E-state index contributed by atoms with van der Waals surface area (Å²) in [7, 11) is -1.01. The molecule has 4 N–H and O–H groups in total. The van der Waals surface area contributed by atoms with E-state index in [2.05, 4.69) is 46.3 Å². The molecule has 0 rings (SSSR count). The number of likely N-dealkylation sites (N-methyl/N-ethyl adjacent to an activating group) is 2. The first kappa shape index (κ1) is 38.8. The van der Waals surface area contributed by atoms with E-state index in [1.807, 2.05) is 28.2 Å². The molecule has 2 unspecified atom stereocenters. The lowest BCUT2D eigenvalue weighted by molar-refractivity contribution is -0.858. The Kier molecular flexibility index (Phi) is 26.8. The van der Waals surface area contributed by atoms with Crippen LogP contribution in [0.15, 0.2) is 30.6 Å². The molecule has 36 heavy (non-hydrogen) atoms. The maximum absolute atomic E-state index is 11.2. The zero-order chi connectivity index (χ0) is 28.5. The lowest BCUT2D eigenvalue weighted by atomic mass is 10.6. The molecule has 2 atom stereocenters. The average molecular weight is 564 g/mol. The van der Waals surface area contributed by atoms with E-state index < -0.39 is 21.7 Å². The van der Waals surface area contributed by atoms with Gasteiger partial charge in [-0.15, -0.1) is 0 Å². The fourth-order valence-electron chi connectivity index (χ4n) is 1.40. The van der Waals surface area contributed by atoms with Crippen LogP contribution in [0.3, 0.4) is 0 Å². The third kappa shape index (κ3) is 34.4. The van der Waals surface area contributed by atoms with Gasteiger partial charge in [0.2, 0.25) is 6.08 Å². The van der Waals surface area contributed by atoms with Crippen molar-refractivity contribution in [2.24, 2.45) is 4.99 Å². The standard InChI is InChI=1S/C9H19N2O6P.C6H16NO5P.C3H3NO/c1-4-10-9(12)15-7-8-17-18(13,14)16-6-5-11(2)3;1-7(2)3-5-11-13(9,10)12-6-4-8;1-2-4-3-5/h4H,1,5-8H2,2-3H3,(H,10,12)(H,13,14);8H,3-6H2,1-2H3,(H,9,10);2H,1H2. The number of nitrogens with zero attached hydrogens (tertiary/aromatic N) is 1. The molecule has 16 nitrogen and oxygen atoms in total. The zero-order valence-corrected chi connectivity index (χ0v) is 22.8. The summed E-state index contributed by atoms with van der Waals surface area (Å²) in [6.07, 6.45) is 2.82. The number of phosphoric ester groups is 2. The molecule has 0 radical (unpaired) electrons. The first-order valence-electron chi connectivity index (χ1n) is 10.4. The Hall–Kier alpha value is -1.77. The van der Waals surface area contributed by atoms with Crippen molar-refractivity contribution in [2.75, 3.05) is 80.9 Å². The van der Waals surface area contributed by atoms with Gasteiger partial charge in [-0.2, -0.15) is 4.99 Å². The van der Waals surface area contributed by atoms with Gasteiger partial charge in [-0.3, -0.25) is 14.4 Å². The Morgan fingerprint density at radius 1 is 0.944 bits per heavy atom. The topological polar surface area (TPSA) is 214 Å². The van der Waals surface area contributed by atoms with E-state index in [1.165, 1.54) is 6.08 Å². The van der Waals surface area contributed by atoms with Crippen LogP contribution in [-0.2, 0) is 36.8 Å². The van der Waals surface area contributed by atoms with E-state index in [1.54, 1.807) is 0 Å². The number of amides is 1. The van der Waals surface area contributed by atoms with E-state index in [0.29, 0.717) is 13.1 Å². The summed E-state index contributed by atoms with van der Waals surface area (Å²) in [6.45, 7) is 6.54. The highest BCUT2D eigenvalue weighted by Gasteiger charge is 2.11. The fraction of sp³-hybridized carbons (Fsp3) is 0.667. The number of nitrogens with one attached hydrogen (secondary N) is 3. The normalized spacial score (nSPS) is 13.5. The van der Waals surface area contributed by atoms with Crippen molar-refractivity contribution >= 4 is 27.8 Å². The molecule has 0 aromatic heterocycles. The number of rotatable bonds is 17. The van der Waals surface area contributed by atoms with Gasteiger partial charge in [-0.25, -0.2) is 9.59 Å². The van der Waals surface area contributed by atoms with Crippen molar-refractivity contribution in [2.45, 2.75) is 0 Å². The SMILES string of the molecule is C=CN=C=O.C=CNC(=O)OCCOP(=O)([O-])OCC[NH+](C)C.C[NH+](C)CCOP(=O)([O-])OCCO. The Labute approximate surface area is 211 Å². The molecular formula is C18H38N4O12P2. The summed E-state index contributed by atoms with van der Waals surface area (Å²) in [5.74, 6) is 0. The summed E-state index contributed by atoms with van der Waals surface area (Å²) >= 11 is 0. The molecule has 0 aliphatic heterocycles. The number of alkyl carbamates (subject to hydrolysis) is 1. The van der Waals surface area contributed by atoms with Gasteiger partial charge in [0, 0.05) is 6.20 Å². The largest absolute Gasteiger partial charge is 0.756 e. The van der Waals surface area contributed by atoms with Crippen LogP contribution in [-0.4, -0.2) is 98.2 Å². The molecule has 0 aliphatic rings. The van der Waals surface area contributed by atoms with Crippen LogP contribution in [0.25, 0.3) is 0 Å². The van der Waals surface area contributed by atoms with Crippen LogP contribution in [0.1, 0.15) is 0 Å². The number of hydrogen-bond acceptors (Lipinski definition) is 13. The molecule has 0 saturated carbocycles. The molecule has 0 bridgehead atoms. The summed E-state index contributed by atoms with van der Waals surface area (Å²) < 4.78 is 44.4. The van der Waals surface area contributed by atoms with Gasteiger partial charge in [-0.05, 0) is 6.20 Å². The van der Waals surface area contributed by atoms with Crippen molar-refractivity contribution in [1.29, 1.82) is 0 Å². The van der Waals surface area contributed by atoms with Crippen LogP contribution in [0.4, 0.5) is 4.79 Å². The number of isocyanates is 1. The van der Waals surface area contributed by atoms with E-state index in [4.69, 9.17) is 9.90 Å². The molecule has 0 aliphatic carbocycles. The molecular weight excluding hydrogens is 526 g/mol. The molecule has 0 aromatic carbocycles.